The van der Waals surface area contributed by atoms with E-state index in [2.05, 4.69) is 29.1 Å². The number of hydrogen-bond donors (Lipinski definition) is 1. The van der Waals surface area contributed by atoms with Crippen LogP contribution in [0.2, 0.25) is 0 Å². The summed E-state index contributed by atoms with van der Waals surface area (Å²) in [5.41, 5.74) is 4.31. The van der Waals surface area contributed by atoms with Crippen molar-refractivity contribution in [1.82, 2.24) is 25.3 Å². The Morgan fingerprint density at radius 1 is 1.10 bits per heavy atom. The van der Waals surface area contributed by atoms with Crippen LogP contribution in [0.5, 0.6) is 0 Å². The molecule has 2 rings (SSSR count). The van der Waals surface area contributed by atoms with Gasteiger partial charge in [-0.15, -0.1) is 0 Å². The second-order valence-electron chi connectivity index (χ2n) is 4.57. The first-order valence-electron chi connectivity index (χ1n) is 7.09. The fraction of sp³-hybridized carbons (Fsp3) is 0.467. The molecule has 0 aliphatic rings. The van der Waals surface area contributed by atoms with Crippen molar-refractivity contribution in [2.45, 2.75) is 33.1 Å². The van der Waals surface area contributed by atoms with Gasteiger partial charge in [0.25, 0.3) is 0 Å². The van der Waals surface area contributed by atoms with Gasteiger partial charge in [-0.05, 0) is 44.5 Å². The number of likely N-dealkylation sites (N-methyl/N-ethyl adjacent to an activating group) is 1. The second-order valence-corrected chi connectivity index (χ2v) is 4.57. The highest BCUT2D eigenvalue weighted by Crippen LogP contribution is 2.19. The average Bonchev–Trinajstić information content (AvgIpc) is 2.52. The van der Waals surface area contributed by atoms with Crippen LogP contribution in [0.15, 0.2) is 18.6 Å². The van der Waals surface area contributed by atoms with Crippen molar-refractivity contribution in [2.75, 3.05) is 13.6 Å². The van der Waals surface area contributed by atoms with Gasteiger partial charge < -0.3 is 5.32 Å². The first-order valence-corrected chi connectivity index (χ1v) is 7.09. The van der Waals surface area contributed by atoms with Crippen molar-refractivity contribution in [3.63, 3.8) is 0 Å². The van der Waals surface area contributed by atoms with E-state index in [1.165, 1.54) is 11.9 Å². The van der Waals surface area contributed by atoms with Crippen molar-refractivity contribution in [3.05, 3.63) is 35.5 Å². The average molecular weight is 271 g/mol. The predicted octanol–water partition coefficient (Wildman–Crippen LogP) is 1.82. The molecule has 0 saturated heterocycles. The van der Waals surface area contributed by atoms with E-state index in [0.29, 0.717) is 5.82 Å². The molecule has 0 fully saturated rings. The Labute approximate surface area is 119 Å². The van der Waals surface area contributed by atoms with Crippen molar-refractivity contribution in [1.29, 1.82) is 0 Å². The maximum Gasteiger partial charge on any atom is 0.178 e. The minimum Gasteiger partial charge on any atom is -0.319 e. The Morgan fingerprint density at radius 2 is 1.80 bits per heavy atom. The molecule has 2 aromatic heterocycles. The molecule has 106 valence electrons. The third-order valence-corrected chi connectivity index (χ3v) is 3.28. The number of nitrogens with one attached hydrogen (secondary N) is 1. The summed E-state index contributed by atoms with van der Waals surface area (Å²) in [5.74, 6) is 0.703. The molecule has 2 heterocycles. The van der Waals surface area contributed by atoms with E-state index in [0.717, 1.165) is 42.9 Å². The molecule has 0 atom stereocenters. The fourth-order valence-corrected chi connectivity index (χ4v) is 2.24. The van der Waals surface area contributed by atoms with Crippen LogP contribution in [0, 0.1) is 0 Å². The molecule has 2 aromatic rings. The minimum absolute atomic E-state index is 0.703. The van der Waals surface area contributed by atoms with E-state index in [1.807, 2.05) is 13.1 Å². The molecule has 1 N–H and O–H groups in total. The summed E-state index contributed by atoms with van der Waals surface area (Å²) in [6.07, 6.45) is 6.04. The standard InChI is InChI=1S/C15H21N5/c1-4-12-11(6-8-16-3)13(5-2)20-15(19-12)14-7-9-17-10-18-14/h7,9-10,16H,4-6,8H2,1-3H3. The highest BCUT2D eigenvalue weighted by atomic mass is 14.9. The predicted molar refractivity (Wildman–Crippen MR) is 79.4 cm³/mol. The van der Waals surface area contributed by atoms with Crippen LogP contribution in [0.25, 0.3) is 11.5 Å². The number of nitrogens with zero attached hydrogens (tertiary/aromatic N) is 4. The van der Waals surface area contributed by atoms with E-state index < -0.39 is 0 Å². The van der Waals surface area contributed by atoms with Gasteiger partial charge in [-0.2, -0.15) is 0 Å². The number of aryl methyl sites for hydroxylation is 2. The van der Waals surface area contributed by atoms with Crippen LogP contribution in [0.4, 0.5) is 0 Å². The normalized spacial score (nSPS) is 10.8. The molecule has 0 amide bonds. The lowest BCUT2D eigenvalue weighted by Gasteiger charge is -2.13. The Morgan fingerprint density at radius 3 is 2.30 bits per heavy atom. The summed E-state index contributed by atoms with van der Waals surface area (Å²) in [7, 11) is 1.97. The molecule has 0 aliphatic carbocycles. The summed E-state index contributed by atoms with van der Waals surface area (Å²) in [6.45, 7) is 5.21. The molecule has 20 heavy (non-hydrogen) atoms. The van der Waals surface area contributed by atoms with Crippen LogP contribution in [-0.4, -0.2) is 33.5 Å². The zero-order valence-electron chi connectivity index (χ0n) is 12.3. The van der Waals surface area contributed by atoms with Crippen LogP contribution in [-0.2, 0) is 19.3 Å². The van der Waals surface area contributed by atoms with Gasteiger partial charge in [-0.3, -0.25) is 0 Å². The monoisotopic (exact) mass is 271 g/mol. The quantitative estimate of drug-likeness (QED) is 0.868. The molecule has 0 radical (unpaired) electrons. The SMILES string of the molecule is CCc1nc(-c2ccncn2)nc(CC)c1CCNC. The summed E-state index contributed by atoms with van der Waals surface area (Å²) in [6, 6.07) is 1.85. The molecule has 5 nitrogen and oxygen atoms in total. The Bertz CT molecular complexity index is 528. The lowest BCUT2D eigenvalue weighted by molar-refractivity contribution is 0.760. The molecule has 0 spiro atoms. The highest BCUT2D eigenvalue weighted by molar-refractivity contribution is 5.49. The summed E-state index contributed by atoms with van der Waals surface area (Å²) < 4.78 is 0. The van der Waals surface area contributed by atoms with Gasteiger partial charge in [-0.25, -0.2) is 19.9 Å². The lowest BCUT2D eigenvalue weighted by atomic mass is 10.0. The van der Waals surface area contributed by atoms with Gasteiger partial charge in [0.1, 0.15) is 12.0 Å². The summed E-state index contributed by atoms with van der Waals surface area (Å²) in [5, 5.41) is 3.19. The Hall–Kier alpha value is -1.88. The highest BCUT2D eigenvalue weighted by Gasteiger charge is 2.13. The lowest BCUT2D eigenvalue weighted by Crippen LogP contribution is -2.15. The number of aromatic nitrogens is 4. The van der Waals surface area contributed by atoms with E-state index in [4.69, 9.17) is 9.97 Å². The zero-order chi connectivity index (χ0) is 14.4. The molecule has 0 aliphatic heterocycles. The van der Waals surface area contributed by atoms with E-state index >= 15 is 0 Å². The molecule has 5 heteroatoms. The first-order chi connectivity index (χ1) is 9.80. The van der Waals surface area contributed by atoms with E-state index in [9.17, 15) is 0 Å². The summed E-state index contributed by atoms with van der Waals surface area (Å²) >= 11 is 0. The van der Waals surface area contributed by atoms with Crippen LogP contribution in [0.3, 0.4) is 0 Å². The number of rotatable bonds is 6. The Balaban J connectivity index is 2.47. The smallest absolute Gasteiger partial charge is 0.178 e. The van der Waals surface area contributed by atoms with Gasteiger partial charge in [0.15, 0.2) is 5.82 Å². The van der Waals surface area contributed by atoms with Gasteiger partial charge in [-0.1, -0.05) is 13.8 Å². The maximum atomic E-state index is 4.69. The zero-order valence-corrected chi connectivity index (χ0v) is 12.3. The summed E-state index contributed by atoms with van der Waals surface area (Å²) in [4.78, 5) is 17.6. The van der Waals surface area contributed by atoms with Crippen molar-refractivity contribution in [3.8, 4) is 11.5 Å². The topological polar surface area (TPSA) is 63.6 Å². The molecule has 0 unspecified atom stereocenters. The van der Waals surface area contributed by atoms with Gasteiger partial charge in [0, 0.05) is 17.6 Å². The fourth-order valence-electron chi connectivity index (χ4n) is 2.24. The largest absolute Gasteiger partial charge is 0.319 e. The van der Waals surface area contributed by atoms with Gasteiger partial charge in [0.05, 0.1) is 0 Å². The molecular weight excluding hydrogens is 250 g/mol. The molecule has 0 aromatic carbocycles. The third-order valence-electron chi connectivity index (χ3n) is 3.28. The minimum atomic E-state index is 0.703. The van der Waals surface area contributed by atoms with Crippen molar-refractivity contribution >= 4 is 0 Å². The number of hydrogen-bond acceptors (Lipinski definition) is 5. The van der Waals surface area contributed by atoms with Crippen molar-refractivity contribution < 1.29 is 0 Å². The molecular formula is C15H21N5. The molecule has 0 saturated carbocycles. The van der Waals surface area contributed by atoms with Crippen LogP contribution >= 0.6 is 0 Å². The maximum absolute atomic E-state index is 4.69. The van der Waals surface area contributed by atoms with E-state index in [-0.39, 0.29) is 0 Å². The molecule has 0 bridgehead atoms. The van der Waals surface area contributed by atoms with Gasteiger partial charge >= 0.3 is 0 Å². The Kier molecular flexibility index (Phi) is 5.12. The van der Waals surface area contributed by atoms with Crippen molar-refractivity contribution in [2.24, 2.45) is 0 Å². The van der Waals surface area contributed by atoms with E-state index in [1.54, 1.807) is 6.20 Å². The second kappa shape index (κ2) is 7.05. The third kappa shape index (κ3) is 3.17. The van der Waals surface area contributed by atoms with Gasteiger partial charge in [0.2, 0.25) is 0 Å². The van der Waals surface area contributed by atoms with Crippen LogP contribution in [0.1, 0.15) is 30.8 Å². The first kappa shape index (κ1) is 14.5. The van der Waals surface area contributed by atoms with Crippen LogP contribution < -0.4 is 5.32 Å².